The van der Waals surface area contributed by atoms with Crippen molar-refractivity contribution in [3.05, 3.63) is 23.2 Å². The molecule has 2 heterocycles. The molecule has 12 heteroatoms. The molecule has 2 atom stereocenters. The van der Waals surface area contributed by atoms with Crippen LogP contribution in [0.2, 0.25) is 5.02 Å². The molecule has 2 saturated heterocycles. The van der Waals surface area contributed by atoms with E-state index in [1.807, 2.05) is 6.92 Å². The summed E-state index contributed by atoms with van der Waals surface area (Å²) in [4.78, 5) is 39.0. The van der Waals surface area contributed by atoms with Gasteiger partial charge >= 0.3 is 6.03 Å². The second-order valence-electron chi connectivity index (χ2n) is 8.65. The topological polar surface area (TPSA) is 125 Å². The van der Waals surface area contributed by atoms with Crippen molar-refractivity contribution >= 4 is 45.2 Å². The molecule has 1 saturated carbocycles. The molecule has 3 fully saturated rings. The molecule has 2 aliphatic heterocycles. The summed E-state index contributed by atoms with van der Waals surface area (Å²) in [6.45, 7) is 2.47. The number of halogens is 1. The summed E-state index contributed by atoms with van der Waals surface area (Å²) >= 11 is 6.15. The quantitative estimate of drug-likeness (QED) is 0.596. The number of benzene rings is 1. The number of hydrogen-bond donors (Lipinski definition) is 2. The SMILES string of the molecule is C[C@H]1CCCC[C@]12NC(=O)N(CC(=O)Nc1ccc(Cl)c(S(=O)(=O)N3CCOCC3)c1)C2=O. The smallest absolute Gasteiger partial charge is 0.325 e. The molecule has 0 bridgehead atoms. The lowest BCUT2D eigenvalue weighted by atomic mass is 9.73. The summed E-state index contributed by atoms with van der Waals surface area (Å²) in [7, 11) is -3.87. The van der Waals surface area contributed by atoms with Crippen molar-refractivity contribution in [3.63, 3.8) is 0 Å². The van der Waals surface area contributed by atoms with E-state index in [4.69, 9.17) is 16.3 Å². The van der Waals surface area contributed by atoms with Crippen LogP contribution in [0.15, 0.2) is 23.1 Å². The van der Waals surface area contributed by atoms with Crippen molar-refractivity contribution in [2.45, 2.75) is 43.0 Å². The Morgan fingerprint density at radius 2 is 2.00 bits per heavy atom. The average molecular weight is 499 g/mol. The van der Waals surface area contributed by atoms with Crippen LogP contribution in [0.4, 0.5) is 10.5 Å². The van der Waals surface area contributed by atoms with E-state index in [0.717, 1.165) is 24.2 Å². The number of nitrogens with zero attached hydrogens (tertiary/aromatic N) is 2. The molecule has 4 rings (SSSR count). The van der Waals surface area contributed by atoms with Crippen molar-refractivity contribution in [1.29, 1.82) is 0 Å². The molecular weight excluding hydrogens is 472 g/mol. The van der Waals surface area contributed by atoms with Crippen LogP contribution in [0.5, 0.6) is 0 Å². The third-order valence-electron chi connectivity index (χ3n) is 6.61. The van der Waals surface area contributed by atoms with Gasteiger partial charge in [-0.1, -0.05) is 31.4 Å². The molecule has 33 heavy (non-hydrogen) atoms. The summed E-state index contributed by atoms with van der Waals surface area (Å²) in [6, 6.07) is 3.55. The van der Waals surface area contributed by atoms with Gasteiger partial charge in [0.05, 0.1) is 18.2 Å². The maximum atomic E-state index is 13.0. The minimum atomic E-state index is -3.87. The molecule has 4 amide bonds. The fourth-order valence-corrected chi connectivity index (χ4v) is 6.60. The van der Waals surface area contributed by atoms with Crippen LogP contribution in [0.1, 0.15) is 32.6 Å². The Labute approximate surface area is 197 Å². The average Bonchev–Trinajstić information content (AvgIpc) is 3.02. The van der Waals surface area contributed by atoms with E-state index in [-0.39, 0.29) is 40.5 Å². The summed E-state index contributed by atoms with van der Waals surface area (Å²) in [5.74, 6) is -1.02. The second-order valence-corrected chi connectivity index (χ2v) is 11.0. The fourth-order valence-electron chi connectivity index (χ4n) is 4.69. The maximum Gasteiger partial charge on any atom is 0.325 e. The third kappa shape index (κ3) is 4.46. The van der Waals surface area contributed by atoms with E-state index in [1.54, 1.807) is 0 Å². The first-order valence-electron chi connectivity index (χ1n) is 11.0. The molecule has 0 radical (unpaired) electrons. The van der Waals surface area contributed by atoms with Crippen molar-refractivity contribution < 1.29 is 27.5 Å². The zero-order valence-electron chi connectivity index (χ0n) is 18.3. The Morgan fingerprint density at radius 1 is 1.27 bits per heavy atom. The number of imide groups is 1. The number of urea groups is 1. The number of anilines is 1. The van der Waals surface area contributed by atoms with Gasteiger partial charge in [-0.3, -0.25) is 14.5 Å². The van der Waals surface area contributed by atoms with Gasteiger partial charge in [0.15, 0.2) is 0 Å². The highest BCUT2D eigenvalue weighted by molar-refractivity contribution is 7.89. The number of ether oxygens (including phenoxy) is 1. The van der Waals surface area contributed by atoms with Crippen LogP contribution in [0.3, 0.4) is 0 Å². The number of sulfonamides is 1. The van der Waals surface area contributed by atoms with E-state index in [0.29, 0.717) is 19.6 Å². The van der Waals surface area contributed by atoms with Gasteiger partial charge < -0.3 is 15.4 Å². The number of rotatable bonds is 5. The van der Waals surface area contributed by atoms with Gasteiger partial charge in [-0.2, -0.15) is 4.31 Å². The fraction of sp³-hybridized carbons (Fsp3) is 0.571. The molecule has 1 aromatic rings. The highest BCUT2D eigenvalue weighted by atomic mass is 35.5. The van der Waals surface area contributed by atoms with Crippen molar-refractivity contribution in [2.75, 3.05) is 38.2 Å². The zero-order valence-corrected chi connectivity index (χ0v) is 19.9. The number of morpholine rings is 1. The van der Waals surface area contributed by atoms with Gasteiger partial charge in [-0.15, -0.1) is 0 Å². The number of amides is 4. The second kappa shape index (κ2) is 9.21. The monoisotopic (exact) mass is 498 g/mol. The largest absolute Gasteiger partial charge is 0.379 e. The van der Waals surface area contributed by atoms with Crippen molar-refractivity contribution in [2.24, 2.45) is 5.92 Å². The summed E-state index contributed by atoms with van der Waals surface area (Å²) in [5.41, 5.74) is -0.751. The standard InChI is InChI=1S/C21H27ClN4O6S/c1-14-4-2-3-7-21(14)19(28)26(20(29)24-21)13-18(27)23-15-5-6-16(22)17(12-15)33(30,31)25-8-10-32-11-9-25/h5-6,12,14H,2-4,7-11,13H2,1H3,(H,23,27)(H,24,29)/t14-,21-/m0/s1. The first-order chi connectivity index (χ1) is 15.6. The molecule has 0 unspecified atom stereocenters. The molecule has 10 nitrogen and oxygen atoms in total. The van der Waals surface area contributed by atoms with Crippen molar-refractivity contribution in [1.82, 2.24) is 14.5 Å². The Balaban J connectivity index is 1.47. The van der Waals surface area contributed by atoms with E-state index in [9.17, 15) is 22.8 Å². The molecule has 1 spiro atoms. The minimum Gasteiger partial charge on any atom is -0.379 e. The minimum absolute atomic E-state index is 0.0139. The van der Waals surface area contributed by atoms with Crippen molar-refractivity contribution in [3.8, 4) is 0 Å². The predicted octanol–water partition coefficient (Wildman–Crippen LogP) is 1.80. The summed E-state index contributed by atoms with van der Waals surface area (Å²) < 4.78 is 32.4. The van der Waals surface area contributed by atoms with E-state index in [1.165, 1.54) is 22.5 Å². The lowest BCUT2D eigenvalue weighted by molar-refractivity contribution is -0.136. The zero-order chi connectivity index (χ0) is 23.8. The van der Waals surface area contributed by atoms with E-state index >= 15 is 0 Å². The number of carbonyl (C=O) groups is 3. The molecule has 3 aliphatic rings. The van der Waals surface area contributed by atoms with Gasteiger partial charge in [-0.05, 0) is 37.0 Å². The number of hydrogen-bond acceptors (Lipinski definition) is 6. The number of carbonyl (C=O) groups excluding carboxylic acids is 3. The van der Waals surface area contributed by atoms with E-state index < -0.39 is 34.0 Å². The lowest BCUT2D eigenvalue weighted by Crippen LogP contribution is -2.54. The Bertz CT molecular complexity index is 1070. The first-order valence-corrected chi connectivity index (χ1v) is 12.8. The summed E-state index contributed by atoms with van der Waals surface area (Å²) in [6.07, 6.45) is 3.22. The molecule has 0 aromatic heterocycles. The molecule has 1 aromatic carbocycles. The van der Waals surface area contributed by atoms with Gasteiger partial charge in [0.2, 0.25) is 15.9 Å². The lowest BCUT2D eigenvalue weighted by Gasteiger charge is -2.36. The molecule has 180 valence electrons. The van der Waals surface area contributed by atoms with Crippen LogP contribution in [0, 0.1) is 5.92 Å². The first kappa shape index (κ1) is 23.9. The van der Waals surface area contributed by atoms with Crippen LogP contribution in [0.25, 0.3) is 0 Å². The molecule has 2 N–H and O–H groups in total. The Kier molecular flexibility index (Phi) is 6.68. The van der Waals surface area contributed by atoms with Crippen LogP contribution in [-0.2, 0) is 24.3 Å². The van der Waals surface area contributed by atoms with Crippen LogP contribution >= 0.6 is 11.6 Å². The predicted molar refractivity (Wildman–Crippen MR) is 120 cm³/mol. The van der Waals surface area contributed by atoms with Gasteiger partial charge in [0.25, 0.3) is 5.91 Å². The Hall–Kier alpha value is -2.21. The van der Waals surface area contributed by atoms with Gasteiger partial charge in [-0.25, -0.2) is 13.2 Å². The highest BCUT2D eigenvalue weighted by Gasteiger charge is 2.55. The Morgan fingerprint density at radius 3 is 2.70 bits per heavy atom. The molecule has 1 aliphatic carbocycles. The van der Waals surface area contributed by atoms with E-state index in [2.05, 4.69) is 10.6 Å². The summed E-state index contributed by atoms with van der Waals surface area (Å²) in [5, 5.41) is 5.41. The third-order valence-corrected chi connectivity index (χ3v) is 8.99. The van der Waals surface area contributed by atoms with Gasteiger partial charge in [0.1, 0.15) is 17.0 Å². The normalized spacial score (nSPS) is 26.5. The van der Waals surface area contributed by atoms with Crippen LogP contribution < -0.4 is 10.6 Å². The van der Waals surface area contributed by atoms with Gasteiger partial charge in [0, 0.05) is 18.8 Å². The van der Waals surface area contributed by atoms with Crippen LogP contribution in [-0.4, -0.2) is 73.9 Å². The maximum absolute atomic E-state index is 13.0. The molecular formula is C21H27ClN4O6S. The highest BCUT2D eigenvalue weighted by Crippen LogP contribution is 2.38. The number of nitrogens with one attached hydrogen (secondary N) is 2.